The Bertz CT molecular complexity index is 844. The molecule has 0 aliphatic rings. The molecule has 0 atom stereocenters. The summed E-state index contributed by atoms with van der Waals surface area (Å²) in [6, 6.07) is 12.8. The summed E-state index contributed by atoms with van der Waals surface area (Å²) < 4.78 is 2.42. The van der Waals surface area contributed by atoms with Crippen molar-refractivity contribution >= 4 is 50.0 Å². The minimum atomic E-state index is -0.255. The molecule has 106 valence electrons. The fourth-order valence-electron chi connectivity index (χ4n) is 2.15. The highest BCUT2D eigenvalue weighted by Crippen LogP contribution is 2.27. The molecule has 0 spiro atoms. The van der Waals surface area contributed by atoms with E-state index in [0.717, 1.165) is 15.4 Å². The van der Waals surface area contributed by atoms with Gasteiger partial charge in [-0.25, -0.2) is 0 Å². The van der Waals surface area contributed by atoms with Crippen LogP contribution in [0.15, 0.2) is 46.9 Å². The first kappa shape index (κ1) is 14.1. The molecule has 3 rings (SSSR count). The van der Waals surface area contributed by atoms with Gasteiger partial charge in [0.2, 0.25) is 0 Å². The van der Waals surface area contributed by atoms with Gasteiger partial charge in [-0.05, 0) is 40.2 Å². The first-order valence-corrected chi connectivity index (χ1v) is 7.41. The van der Waals surface area contributed by atoms with Gasteiger partial charge in [-0.15, -0.1) is 0 Å². The van der Waals surface area contributed by atoms with Gasteiger partial charge in [0.25, 0.3) is 5.91 Å². The summed E-state index contributed by atoms with van der Waals surface area (Å²) in [5.74, 6) is -0.255. The molecule has 0 aliphatic heterocycles. The zero-order valence-corrected chi connectivity index (χ0v) is 13.4. The molecular weight excluding hydrogens is 354 g/mol. The van der Waals surface area contributed by atoms with E-state index < -0.39 is 0 Å². The Kier molecular flexibility index (Phi) is 3.69. The smallest absolute Gasteiger partial charge is 0.276 e. The van der Waals surface area contributed by atoms with Crippen LogP contribution in [0.25, 0.3) is 10.9 Å². The number of carbonyl (C=O) groups excluding carboxylic acids is 1. The number of amides is 1. The van der Waals surface area contributed by atoms with Gasteiger partial charge in [0.15, 0.2) is 5.69 Å². The van der Waals surface area contributed by atoms with Gasteiger partial charge in [-0.1, -0.05) is 29.8 Å². The molecule has 3 aromatic rings. The third-order valence-corrected chi connectivity index (χ3v) is 4.04. The van der Waals surface area contributed by atoms with E-state index in [-0.39, 0.29) is 5.91 Å². The first-order valence-electron chi connectivity index (χ1n) is 6.24. The average Bonchev–Trinajstić information content (AvgIpc) is 2.80. The highest BCUT2D eigenvalue weighted by molar-refractivity contribution is 9.10. The van der Waals surface area contributed by atoms with E-state index in [4.69, 9.17) is 11.6 Å². The van der Waals surface area contributed by atoms with Gasteiger partial charge < -0.3 is 5.32 Å². The van der Waals surface area contributed by atoms with Crippen LogP contribution in [0.4, 0.5) is 5.69 Å². The van der Waals surface area contributed by atoms with Crippen molar-refractivity contribution in [2.75, 3.05) is 5.32 Å². The molecule has 1 N–H and O–H groups in total. The molecule has 0 radical (unpaired) electrons. The Balaban J connectivity index is 1.98. The van der Waals surface area contributed by atoms with Crippen LogP contribution in [-0.4, -0.2) is 15.7 Å². The summed E-state index contributed by atoms with van der Waals surface area (Å²) in [6.07, 6.45) is 0. The van der Waals surface area contributed by atoms with Crippen molar-refractivity contribution < 1.29 is 4.79 Å². The van der Waals surface area contributed by atoms with E-state index >= 15 is 0 Å². The van der Waals surface area contributed by atoms with E-state index in [0.29, 0.717) is 16.4 Å². The van der Waals surface area contributed by atoms with E-state index in [1.165, 1.54) is 0 Å². The monoisotopic (exact) mass is 363 g/mol. The lowest BCUT2D eigenvalue weighted by molar-refractivity contribution is 0.102. The van der Waals surface area contributed by atoms with Crippen LogP contribution in [0.5, 0.6) is 0 Å². The van der Waals surface area contributed by atoms with E-state index in [2.05, 4.69) is 26.3 Å². The number of halogens is 2. The van der Waals surface area contributed by atoms with E-state index in [9.17, 15) is 4.79 Å². The van der Waals surface area contributed by atoms with Gasteiger partial charge in [0.05, 0.1) is 11.2 Å². The summed E-state index contributed by atoms with van der Waals surface area (Å²) in [4.78, 5) is 12.4. The number of nitrogens with one attached hydrogen (secondary N) is 1. The van der Waals surface area contributed by atoms with E-state index in [1.54, 1.807) is 22.9 Å². The average molecular weight is 365 g/mol. The van der Waals surface area contributed by atoms with Gasteiger partial charge >= 0.3 is 0 Å². The molecule has 0 saturated carbocycles. The van der Waals surface area contributed by atoms with Gasteiger partial charge in [0, 0.05) is 21.9 Å². The Hall–Kier alpha value is -1.85. The topological polar surface area (TPSA) is 46.9 Å². The Morgan fingerprint density at radius 2 is 2.05 bits per heavy atom. The molecule has 21 heavy (non-hydrogen) atoms. The van der Waals surface area contributed by atoms with Crippen LogP contribution in [0.3, 0.4) is 0 Å². The lowest BCUT2D eigenvalue weighted by Crippen LogP contribution is -2.13. The molecule has 2 aromatic carbocycles. The Morgan fingerprint density at radius 1 is 1.29 bits per heavy atom. The summed E-state index contributed by atoms with van der Waals surface area (Å²) in [7, 11) is 1.82. The number of fused-ring (bicyclic) bond motifs is 1. The van der Waals surface area contributed by atoms with Gasteiger partial charge in [-0.3, -0.25) is 9.48 Å². The van der Waals surface area contributed by atoms with Crippen molar-refractivity contribution in [2.24, 2.45) is 7.05 Å². The lowest BCUT2D eigenvalue weighted by atomic mass is 10.2. The second kappa shape index (κ2) is 5.50. The minimum Gasteiger partial charge on any atom is -0.320 e. The van der Waals surface area contributed by atoms with Crippen LogP contribution in [0.1, 0.15) is 10.5 Å². The zero-order valence-electron chi connectivity index (χ0n) is 11.1. The van der Waals surface area contributed by atoms with Crippen LogP contribution >= 0.6 is 27.5 Å². The quantitative estimate of drug-likeness (QED) is 0.739. The number of carbonyl (C=O) groups is 1. The lowest BCUT2D eigenvalue weighted by Gasteiger charge is -2.06. The standard InChI is InChI=1S/C15H11BrClN3O/c1-20-13-5-3-2-4-10(13)14(19-20)15(21)18-12-7-6-9(17)8-11(12)16/h2-8H,1H3,(H,18,21). The Labute approximate surface area is 134 Å². The molecule has 1 aromatic heterocycles. The molecule has 6 heteroatoms. The fourth-order valence-corrected chi connectivity index (χ4v) is 2.94. The third kappa shape index (κ3) is 2.66. The maximum atomic E-state index is 12.4. The van der Waals surface area contributed by atoms with Crippen LogP contribution in [0.2, 0.25) is 5.02 Å². The molecule has 0 bridgehead atoms. The van der Waals surface area contributed by atoms with Crippen molar-refractivity contribution in [3.63, 3.8) is 0 Å². The number of nitrogens with zero attached hydrogens (tertiary/aromatic N) is 2. The molecular formula is C15H11BrClN3O. The molecule has 4 nitrogen and oxygen atoms in total. The van der Waals surface area contributed by atoms with Crippen LogP contribution in [0, 0.1) is 0 Å². The summed E-state index contributed by atoms with van der Waals surface area (Å²) in [5, 5.41) is 8.56. The van der Waals surface area contributed by atoms with Crippen molar-refractivity contribution in [3.8, 4) is 0 Å². The largest absolute Gasteiger partial charge is 0.320 e. The normalized spacial score (nSPS) is 10.8. The molecule has 0 saturated heterocycles. The fraction of sp³-hybridized carbons (Fsp3) is 0.0667. The maximum absolute atomic E-state index is 12.4. The summed E-state index contributed by atoms with van der Waals surface area (Å²) in [6.45, 7) is 0. The number of para-hydroxylation sites is 1. The number of hydrogen-bond acceptors (Lipinski definition) is 2. The second-order valence-electron chi connectivity index (χ2n) is 4.57. The second-order valence-corrected chi connectivity index (χ2v) is 5.86. The third-order valence-electron chi connectivity index (χ3n) is 3.15. The summed E-state index contributed by atoms with van der Waals surface area (Å²) >= 11 is 9.27. The van der Waals surface area contributed by atoms with Crippen molar-refractivity contribution in [2.45, 2.75) is 0 Å². The number of benzene rings is 2. The number of aryl methyl sites for hydroxylation is 1. The highest BCUT2D eigenvalue weighted by atomic mass is 79.9. The molecule has 1 heterocycles. The van der Waals surface area contributed by atoms with Crippen molar-refractivity contribution in [3.05, 3.63) is 57.7 Å². The van der Waals surface area contributed by atoms with Crippen LogP contribution in [-0.2, 0) is 7.05 Å². The predicted molar refractivity (Wildman–Crippen MR) is 87.8 cm³/mol. The summed E-state index contributed by atoms with van der Waals surface area (Å²) in [5.41, 5.74) is 1.96. The molecule has 0 fully saturated rings. The van der Waals surface area contributed by atoms with Crippen molar-refractivity contribution in [1.29, 1.82) is 0 Å². The van der Waals surface area contributed by atoms with Gasteiger partial charge in [-0.2, -0.15) is 5.10 Å². The molecule has 0 aliphatic carbocycles. The zero-order chi connectivity index (χ0) is 15.0. The molecule has 1 amide bonds. The minimum absolute atomic E-state index is 0.255. The first-order chi connectivity index (χ1) is 10.1. The number of rotatable bonds is 2. The number of aromatic nitrogens is 2. The SMILES string of the molecule is Cn1nc(C(=O)Nc2ccc(Cl)cc2Br)c2ccccc21. The Morgan fingerprint density at radius 3 is 2.81 bits per heavy atom. The molecule has 0 unspecified atom stereocenters. The number of anilines is 1. The van der Waals surface area contributed by atoms with Crippen molar-refractivity contribution in [1.82, 2.24) is 9.78 Å². The number of hydrogen-bond donors (Lipinski definition) is 1. The maximum Gasteiger partial charge on any atom is 0.276 e. The van der Waals surface area contributed by atoms with Gasteiger partial charge in [0.1, 0.15) is 0 Å². The van der Waals surface area contributed by atoms with E-state index in [1.807, 2.05) is 31.3 Å². The predicted octanol–water partition coefficient (Wildman–Crippen LogP) is 4.24. The van der Waals surface area contributed by atoms with Crippen LogP contribution < -0.4 is 5.32 Å². The highest BCUT2D eigenvalue weighted by Gasteiger charge is 2.16.